The Hall–Kier alpha value is -3.28. The molecule has 6 heteroatoms. The summed E-state index contributed by atoms with van der Waals surface area (Å²) in [5.41, 5.74) is 3.57. The number of hydrogen-bond acceptors (Lipinski definition) is 5. The Bertz CT molecular complexity index is 1100. The van der Waals surface area contributed by atoms with Crippen LogP contribution in [0.3, 0.4) is 0 Å². The maximum atomic E-state index is 13.4. The lowest BCUT2D eigenvalue weighted by Crippen LogP contribution is -2.42. The molecule has 30 heavy (non-hydrogen) atoms. The van der Waals surface area contributed by atoms with Crippen LogP contribution < -0.4 is 9.47 Å². The molecule has 0 atom stereocenters. The molecule has 5 rings (SSSR count). The predicted molar refractivity (Wildman–Crippen MR) is 112 cm³/mol. The predicted octanol–water partition coefficient (Wildman–Crippen LogP) is 3.98. The number of carbonyl (C=O) groups excluding carboxylic acids is 1. The Morgan fingerprint density at radius 2 is 1.80 bits per heavy atom. The molecule has 154 valence electrons. The van der Waals surface area contributed by atoms with Crippen molar-refractivity contribution in [1.29, 1.82) is 0 Å². The van der Waals surface area contributed by atoms with Gasteiger partial charge in [0.15, 0.2) is 17.3 Å². The Balaban J connectivity index is 1.39. The van der Waals surface area contributed by atoms with Gasteiger partial charge >= 0.3 is 0 Å². The number of aromatic nitrogens is 1. The number of methoxy groups -OCH3 is 2. The van der Waals surface area contributed by atoms with Crippen molar-refractivity contribution in [2.45, 2.75) is 31.2 Å². The Morgan fingerprint density at radius 3 is 2.53 bits per heavy atom. The van der Waals surface area contributed by atoms with Gasteiger partial charge in [0.2, 0.25) is 5.91 Å². The Kier molecular flexibility index (Phi) is 4.50. The summed E-state index contributed by atoms with van der Waals surface area (Å²) in [7, 11) is 3.20. The molecule has 0 radical (unpaired) electrons. The molecule has 0 saturated heterocycles. The maximum absolute atomic E-state index is 13.4. The van der Waals surface area contributed by atoms with E-state index in [4.69, 9.17) is 14.0 Å². The molecule has 6 nitrogen and oxygen atoms in total. The van der Waals surface area contributed by atoms with Crippen molar-refractivity contribution in [2.75, 3.05) is 20.8 Å². The molecule has 2 aromatic carbocycles. The zero-order valence-electron chi connectivity index (χ0n) is 17.2. The lowest BCUT2D eigenvalue weighted by molar-refractivity contribution is -0.135. The summed E-state index contributed by atoms with van der Waals surface area (Å²) < 4.78 is 16.3. The van der Waals surface area contributed by atoms with Gasteiger partial charge in [-0.15, -0.1) is 0 Å². The van der Waals surface area contributed by atoms with Crippen molar-refractivity contribution in [3.05, 3.63) is 65.4 Å². The van der Waals surface area contributed by atoms with E-state index in [0.29, 0.717) is 23.8 Å². The van der Waals surface area contributed by atoms with Crippen molar-refractivity contribution in [3.8, 4) is 22.8 Å². The average molecular weight is 404 g/mol. The molecule has 1 aromatic heterocycles. The standard InChI is InChI=1S/C24H24N2O4/c1-28-19-8-7-17(13-21(19)29-2)20-14-22(25-30-20)24(10-11-24)23(27)26-12-9-16-5-3-4-6-18(16)15-26/h3-8,13-14H,9-12,15H2,1-2H3. The molecule has 1 fully saturated rings. The minimum absolute atomic E-state index is 0.157. The second-order valence-electron chi connectivity index (χ2n) is 7.97. The lowest BCUT2D eigenvalue weighted by Gasteiger charge is -2.31. The van der Waals surface area contributed by atoms with Gasteiger partial charge in [-0.25, -0.2) is 0 Å². The normalized spacial score (nSPS) is 16.7. The first-order valence-corrected chi connectivity index (χ1v) is 10.2. The number of benzene rings is 2. The fourth-order valence-corrected chi connectivity index (χ4v) is 4.30. The monoisotopic (exact) mass is 404 g/mol. The third-order valence-corrected chi connectivity index (χ3v) is 6.25. The molecular formula is C24H24N2O4. The molecule has 3 aromatic rings. The van der Waals surface area contributed by atoms with E-state index in [1.165, 1.54) is 11.1 Å². The van der Waals surface area contributed by atoms with Crippen LogP contribution in [0.5, 0.6) is 11.5 Å². The van der Waals surface area contributed by atoms with Gasteiger partial charge in [0.25, 0.3) is 0 Å². The van der Waals surface area contributed by atoms with Gasteiger partial charge in [-0.3, -0.25) is 4.79 Å². The number of fused-ring (bicyclic) bond motifs is 1. The first kappa shape index (κ1) is 18.7. The Morgan fingerprint density at radius 1 is 1.03 bits per heavy atom. The summed E-state index contributed by atoms with van der Waals surface area (Å²) in [6.45, 7) is 1.41. The van der Waals surface area contributed by atoms with Crippen LogP contribution in [-0.4, -0.2) is 36.7 Å². The molecule has 2 aliphatic rings. The van der Waals surface area contributed by atoms with E-state index in [-0.39, 0.29) is 5.91 Å². The fraction of sp³-hybridized carbons (Fsp3) is 0.333. The van der Waals surface area contributed by atoms with Gasteiger partial charge in [0.1, 0.15) is 0 Å². The third-order valence-electron chi connectivity index (χ3n) is 6.25. The van der Waals surface area contributed by atoms with Crippen molar-refractivity contribution in [3.63, 3.8) is 0 Å². The zero-order chi connectivity index (χ0) is 20.7. The molecule has 1 saturated carbocycles. The smallest absolute Gasteiger partial charge is 0.235 e. The highest BCUT2D eigenvalue weighted by Crippen LogP contribution is 2.50. The summed E-state index contributed by atoms with van der Waals surface area (Å²) in [6.07, 6.45) is 2.51. The number of hydrogen-bond donors (Lipinski definition) is 0. The molecule has 0 spiro atoms. The number of ether oxygens (including phenoxy) is 2. The highest BCUT2D eigenvalue weighted by molar-refractivity contribution is 5.91. The summed E-state index contributed by atoms with van der Waals surface area (Å²) >= 11 is 0. The summed E-state index contributed by atoms with van der Waals surface area (Å²) in [6, 6.07) is 15.8. The molecule has 1 amide bonds. The van der Waals surface area contributed by atoms with Crippen LogP contribution in [0.4, 0.5) is 0 Å². The van der Waals surface area contributed by atoms with Crippen LogP contribution in [0.1, 0.15) is 29.7 Å². The number of carbonyl (C=O) groups is 1. The summed E-state index contributed by atoms with van der Waals surface area (Å²) in [4.78, 5) is 15.4. The van der Waals surface area contributed by atoms with Gasteiger partial charge < -0.3 is 18.9 Å². The second kappa shape index (κ2) is 7.20. The van der Waals surface area contributed by atoms with Gasteiger partial charge in [-0.05, 0) is 48.6 Å². The van der Waals surface area contributed by atoms with Crippen LogP contribution in [0.2, 0.25) is 0 Å². The zero-order valence-corrected chi connectivity index (χ0v) is 17.2. The van der Waals surface area contributed by atoms with E-state index in [2.05, 4.69) is 23.4 Å². The molecule has 0 unspecified atom stereocenters. The van der Waals surface area contributed by atoms with Crippen molar-refractivity contribution >= 4 is 5.91 Å². The quantitative estimate of drug-likeness (QED) is 0.644. The highest BCUT2D eigenvalue weighted by atomic mass is 16.5. The van der Waals surface area contributed by atoms with Crippen LogP contribution in [0.15, 0.2) is 53.1 Å². The molecule has 0 N–H and O–H groups in total. The molecule has 0 bridgehead atoms. The largest absolute Gasteiger partial charge is 0.493 e. The van der Waals surface area contributed by atoms with E-state index in [1.54, 1.807) is 14.2 Å². The number of nitrogens with zero attached hydrogens (tertiary/aromatic N) is 2. The van der Waals surface area contributed by atoms with Crippen LogP contribution in [0.25, 0.3) is 11.3 Å². The van der Waals surface area contributed by atoms with Gasteiger partial charge in [0.05, 0.1) is 25.3 Å². The fourth-order valence-electron chi connectivity index (χ4n) is 4.30. The second-order valence-corrected chi connectivity index (χ2v) is 7.97. The van der Waals surface area contributed by atoms with Gasteiger partial charge in [0, 0.05) is 24.7 Å². The van der Waals surface area contributed by atoms with Crippen LogP contribution >= 0.6 is 0 Å². The van der Waals surface area contributed by atoms with E-state index in [9.17, 15) is 4.79 Å². The average Bonchev–Trinajstić information content (AvgIpc) is 3.46. The van der Waals surface area contributed by atoms with E-state index < -0.39 is 5.41 Å². The SMILES string of the molecule is COc1ccc(-c2cc(C3(C(=O)N4CCc5ccccc5C4)CC3)no2)cc1OC. The highest BCUT2D eigenvalue weighted by Gasteiger charge is 2.55. The minimum Gasteiger partial charge on any atom is -0.493 e. The Labute approximate surface area is 175 Å². The lowest BCUT2D eigenvalue weighted by atomic mass is 9.95. The molecular weight excluding hydrogens is 380 g/mol. The first-order valence-electron chi connectivity index (χ1n) is 10.2. The summed E-state index contributed by atoms with van der Waals surface area (Å²) in [5, 5.41) is 4.29. The van der Waals surface area contributed by atoms with Crippen LogP contribution in [0, 0.1) is 0 Å². The first-order chi connectivity index (χ1) is 14.6. The van der Waals surface area contributed by atoms with Crippen molar-refractivity contribution in [2.24, 2.45) is 0 Å². The minimum atomic E-state index is -0.551. The number of rotatable bonds is 5. The van der Waals surface area contributed by atoms with E-state index in [1.807, 2.05) is 35.2 Å². The molecule has 1 aliphatic carbocycles. The van der Waals surface area contributed by atoms with Crippen molar-refractivity contribution in [1.82, 2.24) is 10.1 Å². The van der Waals surface area contributed by atoms with E-state index in [0.717, 1.165) is 37.1 Å². The van der Waals surface area contributed by atoms with E-state index >= 15 is 0 Å². The van der Waals surface area contributed by atoms with Gasteiger partial charge in [-0.1, -0.05) is 29.4 Å². The maximum Gasteiger partial charge on any atom is 0.235 e. The third kappa shape index (κ3) is 3.03. The van der Waals surface area contributed by atoms with Crippen molar-refractivity contribution < 1.29 is 18.8 Å². The topological polar surface area (TPSA) is 64.8 Å². The molecule has 2 heterocycles. The summed E-state index contributed by atoms with van der Waals surface area (Å²) in [5.74, 6) is 2.05. The van der Waals surface area contributed by atoms with Gasteiger partial charge in [-0.2, -0.15) is 0 Å². The number of amides is 1. The van der Waals surface area contributed by atoms with Crippen LogP contribution in [-0.2, 0) is 23.2 Å². The molecule has 1 aliphatic heterocycles.